The Balaban J connectivity index is 1.41. The zero-order valence-corrected chi connectivity index (χ0v) is 15.9. The SMILES string of the molecule is Cc1oc(-c2ccccc2)nc1COC(=O)Cn1nc(-c2ccc(F)cc2)oc1=O. The molecule has 0 spiro atoms. The Kier molecular flexibility index (Phi) is 5.25. The number of aryl methyl sites for hydroxylation is 1. The van der Waals surface area contributed by atoms with Crippen LogP contribution in [-0.4, -0.2) is 20.7 Å². The Morgan fingerprint density at radius 2 is 1.73 bits per heavy atom. The van der Waals surface area contributed by atoms with Crippen molar-refractivity contribution in [3.8, 4) is 22.9 Å². The molecule has 2 aromatic carbocycles. The van der Waals surface area contributed by atoms with E-state index in [9.17, 15) is 14.0 Å². The van der Waals surface area contributed by atoms with Gasteiger partial charge in [0.1, 0.15) is 30.4 Å². The van der Waals surface area contributed by atoms with Crippen LogP contribution in [0.15, 0.2) is 68.2 Å². The first-order valence-electron chi connectivity index (χ1n) is 9.01. The second kappa shape index (κ2) is 8.16. The number of hydrogen-bond acceptors (Lipinski definition) is 7. The quantitative estimate of drug-likeness (QED) is 0.450. The lowest BCUT2D eigenvalue weighted by atomic mass is 10.2. The van der Waals surface area contributed by atoms with Crippen LogP contribution >= 0.6 is 0 Å². The molecule has 8 nitrogen and oxygen atoms in total. The second-order valence-electron chi connectivity index (χ2n) is 6.39. The summed E-state index contributed by atoms with van der Waals surface area (Å²) in [5.41, 5.74) is 1.69. The van der Waals surface area contributed by atoms with Crippen LogP contribution in [0.25, 0.3) is 22.9 Å². The van der Waals surface area contributed by atoms with Crippen LogP contribution in [0, 0.1) is 12.7 Å². The molecule has 4 rings (SSSR count). The number of hydrogen-bond donors (Lipinski definition) is 0. The van der Waals surface area contributed by atoms with Gasteiger partial charge in [-0.15, -0.1) is 5.10 Å². The van der Waals surface area contributed by atoms with Gasteiger partial charge in [0.25, 0.3) is 0 Å². The highest BCUT2D eigenvalue weighted by Crippen LogP contribution is 2.22. The predicted molar refractivity (Wildman–Crippen MR) is 103 cm³/mol. The standard InChI is InChI=1S/C21H16FN3O5/c1-13-17(23-19(29-13)14-5-3-2-4-6-14)12-28-18(26)11-25-21(27)30-20(24-25)15-7-9-16(22)10-8-15/h2-10H,11-12H2,1H3. The fourth-order valence-electron chi connectivity index (χ4n) is 2.70. The molecule has 30 heavy (non-hydrogen) atoms. The monoisotopic (exact) mass is 409 g/mol. The normalized spacial score (nSPS) is 10.9. The van der Waals surface area contributed by atoms with Gasteiger partial charge in [0, 0.05) is 11.1 Å². The number of benzene rings is 2. The molecule has 0 saturated carbocycles. The van der Waals surface area contributed by atoms with Gasteiger partial charge in [-0.05, 0) is 43.3 Å². The summed E-state index contributed by atoms with van der Waals surface area (Å²) in [5.74, 6) is -1.01. The zero-order chi connectivity index (χ0) is 21.1. The summed E-state index contributed by atoms with van der Waals surface area (Å²) in [5, 5.41) is 3.95. The van der Waals surface area contributed by atoms with E-state index in [1.807, 2.05) is 30.3 Å². The Labute approximate surface area is 169 Å². The van der Waals surface area contributed by atoms with Crippen LogP contribution in [0.1, 0.15) is 11.5 Å². The van der Waals surface area contributed by atoms with E-state index in [2.05, 4.69) is 10.1 Å². The van der Waals surface area contributed by atoms with E-state index in [1.54, 1.807) is 6.92 Å². The summed E-state index contributed by atoms with van der Waals surface area (Å²) in [4.78, 5) is 28.4. The van der Waals surface area contributed by atoms with Gasteiger partial charge in [0.2, 0.25) is 11.8 Å². The number of nitrogens with zero attached hydrogens (tertiary/aromatic N) is 3. The number of ether oxygens (including phenoxy) is 1. The van der Waals surface area contributed by atoms with E-state index in [-0.39, 0.29) is 12.5 Å². The zero-order valence-electron chi connectivity index (χ0n) is 15.9. The fourth-order valence-corrected chi connectivity index (χ4v) is 2.70. The molecule has 0 aliphatic rings. The molecule has 0 atom stereocenters. The number of esters is 1. The van der Waals surface area contributed by atoms with Crippen molar-refractivity contribution in [2.75, 3.05) is 0 Å². The van der Waals surface area contributed by atoms with Crippen LogP contribution in [0.3, 0.4) is 0 Å². The van der Waals surface area contributed by atoms with Crippen molar-refractivity contribution < 1.29 is 22.8 Å². The number of carbonyl (C=O) groups is 1. The minimum Gasteiger partial charge on any atom is -0.458 e. The molecule has 0 saturated heterocycles. The van der Waals surface area contributed by atoms with E-state index in [0.29, 0.717) is 22.9 Å². The highest BCUT2D eigenvalue weighted by atomic mass is 19.1. The van der Waals surface area contributed by atoms with Gasteiger partial charge in [-0.25, -0.2) is 14.2 Å². The number of oxazole rings is 1. The lowest BCUT2D eigenvalue weighted by Crippen LogP contribution is -2.23. The number of rotatable bonds is 6. The first-order valence-corrected chi connectivity index (χ1v) is 9.01. The van der Waals surface area contributed by atoms with Crippen LogP contribution < -0.4 is 5.76 Å². The maximum atomic E-state index is 13.0. The molecule has 0 bridgehead atoms. The van der Waals surface area contributed by atoms with Gasteiger partial charge in [0.05, 0.1) is 0 Å². The van der Waals surface area contributed by atoms with Gasteiger partial charge in [-0.2, -0.15) is 4.68 Å². The molecule has 0 fully saturated rings. The summed E-state index contributed by atoms with van der Waals surface area (Å²) < 4.78 is 29.7. The summed E-state index contributed by atoms with van der Waals surface area (Å²) in [6, 6.07) is 14.6. The van der Waals surface area contributed by atoms with Crippen LogP contribution in [-0.2, 0) is 22.7 Å². The molecule has 0 radical (unpaired) electrons. The maximum Gasteiger partial charge on any atom is 0.437 e. The predicted octanol–water partition coefficient (Wildman–Crippen LogP) is 3.35. The van der Waals surface area contributed by atoms with Gasteiger partial charge in [-0.1, -0.05) is 18.2 Å². The summed E-state index contributed by atoms with van der Waals surface area (Å²) in [6.45, 7) is 1.17. The molecule has 0 unspecified atom stereocenters. The van der Waals surface area contributed by atoms with Crippen LogP contribution in [0.5, 0.6) is 0 Å². The van der Waals surface area contributed by atoms with Crippen molar-refractivity contribution in [3.05, 3.63) is 82.4 Å². The highest BCUT2D eigenvalue weighted by Gasteiger charge is 2.16. The van der Waals surface area contributed by atoms with E-state index >= 15 is 0 Å². The maximum absolute atomic E-state index is 13.0. The van der Waals surface area contributed by atoms with Crippen molar-refractivity contribution in [1.29, 1.82) is 0 Å². The minimum atomic E-state index is -0.824. The molecule has 2 heterocycles. The largest absolute Gasteiger partial charge is 0.458 e. The molecule has 0 aliphatic carbocycles. The van der Waals surface area contributed by atoms with Gasteiger partial charge in [-0.3, -0.25) is 4.79 Å². The number of aromatic nitrogens is 3. The lowest BCUT2D eigenvalue weighted by Gasteiger charge is -2.02. The van der Waals surface area contributed by atoms with Crippen molar-refractivity contribution in [2.45, 2.75) is 20.1 Å². The molecule has 0 amide bonds. The van der Waals surface area contributed by atoms with E-state index < -0.39 is 24.1 Å². The Hall–Kier alpha value is -4.01. The smallest absolute Gasteiger partial charge is 0.437 e. The third kappa shape index (κ3) is 4.19. The average Bonchev–Trinajstić information content (AvgIpc) is 3.30. The van der Waals surface area contributed by atoms with Crippen molar-refractivity contribution in [2.24, 2.45) is 0 Å². The van der Waals surface area contributed by atoms with Crippen LogP contribution in [0.2, 0.25) is 0 Å². The molecule has 2 aromatic heterocycles. The van der Waals surface area contributed by atoms with E-state index in [1.165, 1.54) is 24.3 Å². The molecule has 152 valence electrons. The number of carbonyl (C=O) groups excluding carboxylic acids is 1. The van der Waals surface area contributed by atoms with E-state index in [0.717, 1.165) is 10.2 Å². The van der Waals surface area contributed by atoms with Gasteiger partial charge in [0.15, 0.2) is 0 Å². The first-order chi connectivity index (χ1) is 14.5. The molecule has 0 N–H and O–H groups in total. The van der Waals surface area contributed by atoms with Gasteiger partial charge < -0.3 is 13.6 Å². The molecule has 9 heteroatoms. The highest BCUT2D eigenvalue weighted by molar-refractivity contribution is 5.69. The number of halogens is 1. The Morgan fingerprint density at radius 3 is 2.47 bits per heavy atom. The topological polar surface area (TPSA) is 100 Å². The Morgan fingerprint density at radius 1 is 1.03 bits per heavy atom. The third-order valence-corrected chi connectivity index (χ3v) is 4.26. The van der Waals surface area contributed by atoms with Crippen molar-refractivity contribution in [1.82, 2.24) is 14.8 Å². The van der Waals surface area contributed by atoms with E-state index in [4.69, 9.17) is 13.6 Å². The third-order valence-electron chi connectivity index (χ3n) is 4.26. The minimum absolute atomic E-state index is 0.0207. The lowest BCUT2D eigenvalue weighted by molar-refractivity contribution is -0.146. The van der Waals surface area contributed by atoms with Crippen molar-refractivity contribution >= 4 is 5.97 Å². The van der Waals surface area contributed by atoms with Gasteiger partial charge >= 0.3 is 11.7 Å². The molecule has 0 aliphatic heterocycles. The van der Waals surface area contributed by atoms with Crippen LogP contribution in [0.4, 0.5) is 4.39 Å². The average molecular weight is 409 g/mol. The molecular formula is C21H16FN3O5. The van der Waals surface area contributed by atoms with Crippen molar-refractivity contribution in [3.63, 3.8) is 0 Å². The molecular weight excluding hydrogens is 393 g/mol. The summed E-state index contributed by atoms with van der Waals surface area (Å²) >= 11 is 0. The summed E-state index contributed by atoms with van der Waals surface area (Å²) in [7, 11) is 0. The second-order valence-corrected chi connectivity index (χ2v) is 6.39. The Bertz CT molecular complexity index is 1230. The summed E-state index contributed by atoms with van der Waals surface area (Å²) in [6.07, 6.45) is 0. The first kappa shape index (κ1) is 19.3. The molecule has 4 aromatic rings. The fraction of sp³-hybridized carbons (Fsp3) is 0.143.